The lowest BCUT2D eigenvalue weighted by Gasteiger charge is -2.07. The number of benzene rings is 2. The summed E-state index contributed by atoms with van der Waals surface area (Å²) >= 11 is 1.73. The average molecular weight is 332 g/mol. The monoisotopic (exact) mass is 332 g/mol. The summed E-state index contributed by atoms with van der Waals surface area (Å²) in [4.78, 5) is 1.13. The van der Waals surface area contributed by atoms with Crippen molar-refractivity contribution in [2.75, 3.05) is 7.11 Å². The van der Waals surface area contributed by atoms with Crippen molar-refractivity contribution < 1.29 is 4.74 Å². The molecule has 2 heterocycles. The largest absolute Gasteiger partial charge is 0.497 e. The molecule has 0 unspecified atom stereocenters. The molecule has 0 aliphatic rings. The van der Waals surface area contributed by atoms with Crippen molar-refractivity contribution >= 4 is 32.3 Å². The van der Waals surface area contributed by atoms with Crippen LogP contribution in [0.1, 0.15) is 12.5 Å². The van der Waals surface area contributed by atoms with Gasteiger partial charge < -0.3 is 9.30 Å². The van der Waals surface area contributed by atoms with E-state index in [0.717, 1.165) is 39.3 Å². The van der Waals surface area contributed by atoms with E-state index in [9.17, 15) is 5.26 Å². The van der Waals surface area contributed by atoms with E-state index in [0.29, 0.717) is 0 Å². The maximum absolute atomic E-state index is 9.80. The predicted octanol–water partition coefficient (Wildman–Crippen LogP) is 5.42. The molecule has 0 aliphatic heterocycles. The number of methoxy groups -OCH3 is 1. The summed E-state index contributed by atoms with van der Waals surface area (Å²) in [6.07, 6.45) is 0. The topological polar surface area (TPSA) is 38.0 Å². The smallest absolute Gasteiger partial charge is 0.120 e. The van der Waals surface area contributed by atoms with Crippen LogP contribution < -0.4 is 4.74 Å². The maximum Gasteiger partial charge on any atom is 0.120 e. The first-order chi connectivity index (χ1) is 11.8. The number of nitriles is 1. The number of nitrogens with zero attached hydrogens (tertiary/aromatic N) is 2. The molecular formula is C20H16N2OS. The second kappa shape index (κ2) is 5.70. The summed E-state index contributed by atoms with van der Waals surface area (Å²) in [7, 11) is 1.67. The molecule has 4 aromatic rings. The molecule has 0 saturated carbocycles. The molecular weight excluding hydrogens is 316 g/mol. The van der Waals surface area contributed by atoms with Gasteiger partial charge >= 0.3 is 0 Å². The molecule has 0 aliphatic carbocycles. The van der Waals surface area contributed by atoms with Crippen LogP contribution in [0.4, 0.5) is 0 Å². The summed E-state index contributed by atoms with van der Waals surface area (Å²) in [5.74, 6) is 0.807. The summed E-state index contributed by atoms with van der Waals surface area (Å²) in [5, 5.41) is 12.0. The minimum Gasteiger partial charge on any atom is -0.497 e. The second-order valence-corrected chi connectivity index (χ2v) is 6.70. The van der Waals surface area contributed by atoms with Gasteiger partial charge in [0.05, 0.1) is 28.8 Å². The Bertz CT molecular complexity index is 1070. The second-order valence-electron chi connectivity index (χ2n) is 5.61. The first kappa shape index (κ1) is 14.8. The van der Waals surface area contributed by atoms with Gasteiger partial charge in [0.25, 0.3) is 0 Å². The Hall–Kier alpha value is -2.77. The Morgan fingerprint density at radius 2 is 2.00 bits per heavy atom. The van der Waals surface area contributed by atoms with Crippen molar-refractivity contribution in [2.24, 2.45) is 0 Å². The third-order valence-corrected chi connectivity index (χ3v) is 5.48. The third-order valence-electron chi connectivity index (χ3n) is 4.36. The van der Waals surface area contributed by atoms with Gasteiger partial charge in [-0.1, -0.05) is 18.2 Å². The number of ether oxygens (including phenoxy) is 1. The van der Waals surface area contributed by atoms with E-state index >= 15 is 0 Å². The van der Waals surface area contributed by atoms with Crippen molar-refractivity contribution in [3.63, 3.8) is 0 Å². The number of aromatic nitrogens is 1. The molecule has 24 heavy (non-hydrogen) atoms. The van der Waals surface area contributed by atoms with Crippen LogP contribution in [0, 0.1) is 11.3 Å². The van der Waals surface area contributed by atoms with Gasteiger partial charge in [-0.15, -0.1) is 11.3 Å². The fourth-order valence-corrected chi connectivity index (χ4v) is 4.38. The predicted molar refractivity (Wildman–Crippen MR) is 99.7 cm³/mol. The fraction of sp³-hybridized carbons (Fsp3) is 0.150. The summed E-state index contributed by atoms with van der Waals surface area (Å²) in [5.41, 5.74) is 2.78. The third kappa shape index (κ3) is 2.10. The van der Waals surface area contributed by atoms with Gasteiger partial charge in [-0.05, 0) is 36.6 Å². The standard InChI is InChI=1S/C20H16N2OS/c1-3-22-17-11-14(23-2)8-9-15(17)16(12-21)20(22)19-10-13-6-4-5-7-18(13)24-19/h4-11H,3H2,1-2H3. The van der Waals surface area contributed by atoms with Crippen LogP contribution in [0.25, 0.3) is 31.6 Å². The van der Waals surface area contributed by atoms with Crippen LogP contribution >= 0.6 is 11.3 Å². The van der Waals surface area contributed by atoms with Crippen molar-refractivity contribution in [1.82, 2.24) is 4.57 Å². The van der Waals surface area contributed by atoms with Crippen LogP contribution in [0.3, 0.4) is 0 Å². The summed E-state index contributed by atoms with van der Waals surface area (Å²) in [6, 6.07) is 18.8. The molecule has 0 atom stereocenters. The number of rotatable bonds is 3. The van der Waals surface area contributed by atoms with E-state index in [-0.39, 0.29) is 0 Å². The zero-order chi connectivity index (χ0) is 16.7. The van der Waals surface area contributed by atoms with E-state index in [1.807, 2.05) is 30.3 Å². The highest BCUT2D eigenvalue weighted by Crippen LogP contribution is 2.40. The molecule has 0 bridgehead atoms. The highest BCUT2D eigenvalue weighted by Gasteiger charge is 2.20. The van der Waals surface area contributed by atoms with Crippen molar-refractivity contribution in [1.29, 1.82) is 5.26 Å². The minimum atomic E-state index is 0.737. The molecule has 0 saturated heterocycles. The van der Waals surface area contributed by atoms with Crippen LogP contribution in [0.2, 0.25) is 0 Å². The number of aryl methyl sites for hydroxylation is 1. The molecule has 0 fully saturated rings. The van der Waals surface area contributed by atoms with Gasteiger partial charge in [0.2, 0.25) is 0 Å². The first-order valence-corrected chi connectivity index (χ1v) is 8.67. The molecule has 2 aromatic carbocycles. The summed E-state index contributed by atoms with van der Waals surface area (Å²) < 4.78 is 8.81. The lowest BCUT2D eigenvalue weighted by molar-refractivity contribution is 0.415. The first-order valence-electron chi connectivity index (χ1n) is 7.86. The lowest BCUT2D eigenvalue weighted by atomic mass is 10.1. The summed E-state index contributed by atoms with van der Waals surface area (Å²) in [6.45, 7) is 2.91. The molecule has 118 valence electrons. The molecule has 4 heteroatoms. The number of thiophene rings is 1. The Labute approximate surface area is 144 Å². The normalized spacial score (nSPS) is 11.0. The average Bonchev–Trinajstić information content (AvgIpc) is 3.18. The fourth-order valence-electron chi connectivity index (χ4n) is 3.25. The molecule has 0 amide bonds. The zero-order valence-electron chi connectivity index (χ0n) is 13.5. The molecule has 0 radical (unpaired) electrons. The Morgan fingerprint density at radius 3 is 2.71 bits per heavy atom. The van der Waals surface area contributed by atoms with Gasteiger partial charge in [0, 0.05) is 22.7 Å². The lowest BCUT2D eigenvalue weighted by Crippen LogP contribution is -1.96. The highest BCUT2D eigenvalue weighted by atomic mass is 32.1. The SMILES string of the molecule is CCn1c(-c2cc3ccccc3s2)c(C#N)c2ccc(OC)cc21. The van der Waals surface area contributed by atoms with Crippen LogP contribution in [0.15, 0.2) is 48.5 Å². The van der Waals surface area contributed by atoms with E-state index in [1.165, 1.54) is 10.1 Å². The molecule has 3 nitrogen and oxygen atoms in total. The number of hydrogen-bond acceptors (Lipinski definition) is 3. The molecule has 0 N–H and O–H groups in total. The van der Waals surface area contributed by atoms with E-state index < -0.39 is 0 Å². The van der Waals surface area contributed by atoms with Gasteiger partial charge in [0.15, 0.2) is 0 Å². The van der Waals surface area contributed by atoms with Gasteiger partial charge in [0.1, 0.15) is 11.8 Å². The molecule has 2 aromatic heterocycles. The van der Waals surface area contributed by atoms with Gasteiger partial charge in [-0.2, -0.15) is 5.26 Å². The zero-order valence-corrected chi connectivity index (χ0v) is 14.4. The van der Waals surface area contributed by atoms with E-state index in [1.54, 1.807) is 18.4 Å². The van der Waals surface area contributed by atoms with E-state index in [2.05, 4.69) is 35.8 Å². The Morgan fingerprint density at radius 1 is 1.17 bits per heavy atom. The van der Waals surface area contributed by atoms with Gasteiger partial charge in [-0.3, -0.25) is 0 Å². The van der Waals surface area contributed by atoms with E-state index in [4.69, 9.17) is 4.74 Å². The quantitative estimate of drug-likeness (QED) is 0.502. The van der Waals surface area contributed by atoms with Crippen LogP contribution in [-0.4, -0.2) is 11.7 Å². The van der Waals surface area contributed by atoms with Crippen LogP contribution in [0.5, 0.6) is 5.75 Å². The molecule has 0 spiro atoms. The van der Waals surface area contributed by atoms with Crippen molar-refractivity contribution in [3.8, 4) is 22.4 Å². The van der Waals surface area contributed by atoms with Gasteiger partial charge in [-0.25, -0.2) is 0 Å². The highest BCUT2D eigenvalue weighted by molar-refractivity contribution is 7.22. The number of fused-ring (bicyclic) bond motifs is 2. The minimum absolute atomic E-state index is 0.737. The maximum atomic E-state index is 9.80. The van der Waals surface area contributed by atoms with Crippen molar-refractivity contribution in [3.05, 3.63) is 54.1 Å². The van der Waals surface area contributed by atoms with Crippen molar-refractivity contribution in [2.45, 2.75) is 13.5 Å². The number of hydrogen-bond donors (Lipinski definition) is 0. The molecule has 4 rings (SSSR count). The Balaban J connectivity index is 2.08. The van der Waals surface area contributed by atoms with Crippen LogP contribution in [-0.2, 0) is 6.54 Å². The Kier molecular flexibility index (Phi) is 3.51.